The van der Waals surface area contributed by atoms with Gasteiger partial charge in [-0.1, -0.05) is 34.6 Å². The predicted octanol–water partition coefficient (Wildman–Crippen LogP) is 4.99. The lowest BCUT2D eigenvalue weighted by atomic mass is 9.72. The highest BCUT2D eigenvalue weighted by Gasteiger charge is 2.55. The lowest BCUT2D eigenvalue weighted by Gasteiger charge is -2.33. The number of hydrogen-bond acceptors (Lipinski definition) is 0. The van der Waals surface area contributed by atoms with Crippen molar-refractivity contribution in [1.82, 2.24) is 0 Å². The van der Waals surface area contributed by atoms with Crippen molar-refractivity contribution >= 4 is 0 Å². The van der Waals surface area contributed by atoms with E-state index >= 15 is 0 Å². The maximum absolute atomic E-state index is 2.47. The standard InChI is InChI=1S/C14H24.C2H6/c1-8(2)11-6-10-7-14(11)13-5-9(3)4-12(10)13;1-2/h8-14H,4-7H2,1-3H3;1-2H3. The van der Waals surface area contributed by atoms with Gasteiger partial charge in [-0.2, -0.15) is 0 Å². The summed E-state index contributed by atoms with van der Waals surface area (Å²) in [7, 11) is 0. The van der Waals surface area contributed by atoms with Gasteiger partial charge < -0.3 is 0 Å². The normalized spacial score (nSPS) is 49.1. The van der Waals surface area contributed by atoms with Crippen LogP contribution >= 0.6 is 0 Å². The lowest BCUT2D eigenvalue weighted by molar-refractivity contribution is 0.151. The van der Waals surface area contributed by atoms with Crippen LogP contribution < -0.4 is 0 Å². The Kier molecular flexibility index (Phi) is 3.66. The predicted molar refractivity (Wildman–Crippen MR) is 71.3 cm³/mol. The van der Waals surface area contributed by atoms with Crippen LogP contribution in [-0.4, -0.2) is 0 Å². The van der Waals surface area contributed by atoms with Crippen LogP contribution in [0.15, 0.2) is 0 Å². The minimum atomic E-state index is 0.946. The van der Waals surface area contributed by atoms with Crippen molar-refractivity contribution in [3.05, 3.63) is 0 Å². The molecule has 0 nitrogen and oxygen atoms in total. The molecule has 2 bridgehead atoms. The molecule has 3 fully saturated rings. The van der Waals surface area contributed by atoms with Crippen molar-refractivity contribution in [2.75, 3.05) is 0 Å². The summed E-state index contributed by atoms with van der Waals surface area (Å²) in [4.78, 5) is 0. The molecule has 94 valence electrons. The molecule has 3 saturated carbocycles. The molecule has 0 amide bonds. The van der Waals surface area contributed by atoms with E-state index in [0.717, 1.165) is 41.4 Å². The Balaban J connectivity index is 0.000000457. The van der Waals surface area contributed by atoms with Gasteiger partial charge in [0.15, 0.2) is 0 Å². The maximum Gasteiger partial charge on any atom is -0.0349 e. The number of hydrogen-bond donors (Lipinski definition) is 0. The van der Waals surface area contributed by atoms with E-state index in [-0.39, 0.29) is 0 Å². The third kappa shape index (κ3) is 1.83. The summed E-state index contributed by atoms with van der Waals surface area (Å²) in [5, 5.41) is 0. The van der Waals surface area contributed by atoms with Crippen molar-refractivity contribution in [1.29, 1.82) is 0 Å². The second-order valence-electron chi connectivity index (χ2n) is 6.71. The smallest absolute Gasteiger partial charge is 0.0349 e. The van der Waals surface area contributed by atoms with Crippen molar-refractivity contribution in [3.8, 4) is 0 Å². The first kappa shape index (κ1) is 12.5. The van der Waals surface area contributed by atoms with Gasteiger partial charge in [0, 0.05) is 0 Å². The number of rotatable bonds is 1. The maximum atomic E-state index is 2.47. The second kappa shape index (κ2) is 4.70. The molecule has 0 radical (unpaired) electrons. The Labute approximate surface area is 102 Å². The SMILES string of the molecule is CC.CC1CC2C3CC(C(C)C)C(C3)C2C1. The first-order valence-corrected chi connectivity index (χ1v) is 7.66. The fraction of sp³-hybridized carbons (Fsp3) is 1.00. The minimum Gasteiger partial charge on any atom is -0.0683 e. The van der Waals surface area contributed by atoms with E-state index in [1.807, 2.05) is 13.8 Å². The van der Waals surface area contributed by atoms with Gasteiger partial charge in [0.2, 0.25) is 0 Å². The molecule has 0 aromatic heterocycles. The molecule has 16 heavy (non-hydrogen) atoms. The van der Waals surface area contributed by atoms with E-state index in [9.17, 15) is 0 Å². The fourth-order valence-corrected chi connectivity index (χ4v) is 5.16. The molecule has 0 heterocycles. The zero-order valence-corrected chi connectivity index (χ0v) is 11.9. The number of fused-ring (bicyclic) bond motifs is 5. The molecule has 0 aromatic rings. The second-order valence-corrected chi connectivity index (χ2v) is 6.71. The lowest BCUT2D eigenvalue weighted by Crippen LogP contribution is -2.27. The summed E-state index contributed by atoms with van der Waals surface area (Å²) in [6.45, 7) is 11.4. The highest BCUT2D eigenvalue weighted by Crippen LogP contribution is 2.63. The van der Waals surface area contributed by atoms with Gasteiger partial charge in [0.25, 0.3) is 0 Å². The van der Waals surface area contributed by atoms with E-state index < -0.39 is 0 Å². The van der Waals surface area contributed by atoms with Gasteiger partial charge in [-0.25, -0.2) is 0 Å². The van der Waals surface area contributed by atoms with Crippen molar-refractivity contribution in [2.45, 2.75) is 60.3 Å². The van der Waals surface area contributed by atoms with Gasteiger partial charge in [-0.3, -0.25) is 0 Å². The minimum absolute atomic E-state index is 0.946. The van der Waals surface area contributed by atoms with Gasteiger partial charge in [-0.15, -0.1) is 0 Å². The Hall–Kier alpha value is 0. The highest BCUT2D eigenvalue weighted by atomic mass is 14.6. The quantitative estimate of drug-likeness (QED) is 0.586. The van der Waals surface area contributed by atoms with Crippen LogP contribution in [0.2, 0.25) is 0 Å². The average Bonchev–Trinajstić information content (AvgIpc) is 2.89. The Bertz CT molecular complexity index is 230. The summed E-state index contributed by atoms with van der Waals surface area (Å²) >= 11 is 0. The molecule has 0 heteroatoms. The van der Waals surface area contributed by atoms with Crippen LogP contribution in [0, 0.1) is 41.4 Å². The van der Waals surface area contributed by atoms with Gasteiger partial charge >= 0.3 is 0 Å². The molecule has 0 spiro atoms. The van der Waals surface area contributed by atoms with Gasteiger partial charge in [-0.05, 0) is 67.1 Å². The molecule has 0 N–H and O–H groups in total. The zero-order chi connectivity index (χ0) is 11.9. The van der Waals surface area contributed by atoms with Crippen LogP contribution in [0.5, 0.6) is 0 Å². The van der Waals surface area contributed by atoms with E-state index in [2.05, 4.69) is 20.8 Å². The molecule has 6 unspecified atom stereocenters. The fourth-order valence-electron chi connectivity index (χ4n) is 5.16. The molecule has 6 atom stereocenters. The third-order valence-corrected chi connectivity index (χ3v) is 5.61. The van der Waals surface area contributed by atoms with Crippen LogP contribution in [0.25, 0.3) is 0 Å². The molecule has 3 rings (SSSR count). The van der Waals surface area contributed by atoms with E-state index in [1.54, 1.807) is 25.7 Å². The van der Waals surface area contributed by atoms with Crippen LogP contribution in [0.3, 0.4) is 0 Å². The van der Waals surface area contributed by atoms with Crippen LogP contribution in [0.4, 0.5) is 0 Å². The molecule has 3 aliphatic carbocycles. The van der Waals surface area contributed by atoms with Crippen LogP contribution in [-0.2, 0) is 0 Å². The summed E-state index contributed by atoms with van der Waals surface area (Å²) in [5.41, 5.74) is 0. The zero-order valence-electron chi connectivity index (χ0n) is 11.9. The third-order valence-electron chi connectivity index (χ3n) is 5.61. The first-order valence-electron chi connectivity index (χ1n) is 7.66. The van der Waals surface area contributed by atoms with Gasteiger partial charge in [0.1, 0.15) is 0 Å². The molecule has 0 aromatic carbocycles. The molecular formula is C16H30. The van der Waals surface area contributed by atoms with Crippen molar-refractivity contribution < 1.29 is 0 Å². The van der Waals surface area contributed by atoms with Crippen molar-refractivity contribution in [3.63, 3.8) is 0 Å². The molecule has 0 aliphatic heterocycles. The highest BCUT2D eigenvalue weighted by molar-refractivity contribution is 5.04. The first-order chi connectivity index (χ1) is 7.66. The van der Waals surface area contributed by atoms with E-state index in [0.29, 0.717) is 0 Å². The van der Waals surface area contributed by atoms with Crippen LogP contribution in [0.1, 0.15) is 60.3 Å². The van der Waals surface area contributed by atoms with E-state index in [4.69, 9.17) is 0 Å². The Morgan fingerprint density at radius 1 is 0.812 bits per heavy atom. The summed E-state index contributed by atoms with van der Waals surface area (Å²) in [5.74, 6) is 7.66. The average molecular weight is 222 g/mol. The monoisotopic (exact) mass is 222 g/mol. The summed E-state index contributed by atoms with van der Waals surface area (Å²) in [6.07, 6.45) is 6.31. The largest absolute Gasteiger partial charge is 0.0683 e. The van der Waals surface area contributed by atoms with Crippen molar-refractivity contribution in [2.24, 2.45) is 41.4 Å². The van der Waals surface area contributed by atoms with Gasteiger partial charge in [0.05, 0.1) is 0 Å². The molecule has 3 aliphatic rings. The molecule has 0 saturated heterocycles. The summed E-state index contributed by atoms with van der Waals surface area (Å²) < 4.78 is 0. The van der Waals surface area contributed by atoms with E-state index in [1.165, 1.54) is 0 Å². The Morgan fingerprint density at radius 3 is 2.06 bits per heavy atom. The topological polar surface area (TPSA) is 0 Å². The summed E-state index contributed by atoms with van der Waals surface area (Å²) in [6, 6.07) is 0. The molecular weight excluding hydrogens is 192 g/mol. The Morgan fingerprint density at radius 2 is 1.44 bits per heavy atom.